The van der Waals surface area contributed by atoms with E-state index in [-0.39, 0.29) is 29.6 Å². The van der Waals surface area contributed by atoms with Gasteiger partial charge in [-0.1, -0.05) is 61.3 Å². The molecule has 1 aliphatic heterocycles. The molecule has 0 aromatic carbocycles. The fourth-order valence-electron chi connectivity index (χ4n) is 4.68. The molecule has 0 aromatic rings. The lowest BCUT2D eigenvalue weighted by Gasteiger charge is -2.37. The first kappa shape index (κ1) is 28.8. The van der Waals surface area contributed by atoms with E-state index in [0.29, 0.717) is 25.3 Å². The third-order valence-electron chi connectivity index (χ3n) is 7.13. The Hall–Kier alpha value is -2.45. The number of nitrogens with one attached hydrogen (secondary N) is 3. The van der Waals surface area contributed by atoms with Gasteiger partial charge in [-0.15, -0.1) is 0 Å². The molecule has 35 heavy (non-hydrogen) atoms. The van der Waals surface area contributed by atoms with Crippen LogP contribution in [-0.4, -0.2) is 66.0 Å². The predicted octanol–water partition coefficient (Wildman–Crippen LogP) is 1.65. The zero-order valence-corrected chi connectivity index (χ0v) is 22.6. The first-order valence-electron chi connectivity index (χ1n) is 12.9. The molecular weight excluding hydrogens is 448 g/mol. The van der Waals surface area contributed by atoms with E-state index in [0.717, 1.165) is 12.8 Å². The monoisotopic (exact) mass is 492 g/mol. The number of Topliss-reactive ketones (excluding diaryl/α,β-unsaturated/α-hetero) is 1. The second kappa shape index (κ2) is 11.5. The Labute approximate surface area is 209 Å². The van der Waals surface area contributed by atoms with Gasteiger partial charge in [0.05, 0.1) is 6.04 Å². The van der Waals surface area contributed by atoms with Crippen molar-refractivity contribution in [2.75, 3.05) is 13.6 Å². The predicted molar refractivity (Wildman–Crippen MR) is 133 cm³/mol. The molecule has 1 aliphatic carbocycles. The summed E-state index contributed by atoms with van der Waals surface area (Å²) in [5.41, 5.74) is -0.567. The number of amides is 4. The average Bonchev–Trinajstić information content (AvgIpc) is 3.47. The lowest BCUT2D eigenvalue weighted by Crippen LogP contribution is -2.60. The summed E-state index contributed by atoms with van der Waals surface area (Å²) < 4.78 is 0. The summed E-state index contributed by atoms with van der Waals surface area (Å²) in [6.07, 6.45) is 3.00. The number of nitrogens with zero attached hydrogens (tertiary/aromatic N) is 1. The number of likely N-dealkylation sites (tertiary alicyclic amines) is 1. The highest BCUT2D eigenvalue weighted by Gasteiger charge is 2.48. The molecule has 9 nitrogen and oxygen atoms in total. The number of rotatable bonds is 10. The number of ketones is 1. The standard InChI is InChI=1S/C26H44N4O5/c1-14(2)17-11-12-30(25(35)21(26(5,6)7)29-22(32)15(3)4)19(17)23(33)28-18(13-16-9-10-16)20(31)24(34)27-8/h14-19,21H,9-13H2,1-8H3,(H,27,34)(H,28,33)(H,29,32)/t17?,18?,19-,21+/m0/s1. The van der Waals surface area contributed by atoms with Crippen molar-refractivity contribution in [2.45, 2.75) is 92.3 Å². The van der Waals surface area contributed by atoms with E-state index in [1.54, 1.807) is 18.7 Å². The number of hydrogen-bond acceptors (Lipinski definition) is 5. The molecule has 2 fully saturated rings. The highest BCUT2D eigenvalue weighted by Crippen LogP contribution is 2.35. The third-order valence-corrected chi connectivity index (χ3v) is 7.13. The molecule has 2 aliphatic rings. The van der Waals surface area contributed by atoms with Crippen molar-refractivity contribution in [1.82, 2.24) is 20.9 Å². The molecule has 0 bridgehead atoms. The van der Waals surface area contributed by atoms with E-state index in [1.165, 1.54) is 7.05 Å². The van der Waals surface area contributed by atoms with Gasteiger partial charge in [-0.2, -0.15) is 0 Å². The van der Waals surface area contributed by atoms with Gasteiger partial charge in [0.2, 0.25) is 23.5 Å². The lowest BCUT2D eigenvalue weighted by atomic mass is 9.84. The summed E-state index contributed by atoms with van der Waals surface area (Å²) in [5.74, 6) is -2.29. The van der Waals surface area contributed by atoms with Crippen molar-refractivity contribution >= 4 is 29.4 Å². The Morgan fingerprint density at radius 2 is 1.54 bits per heavy atom. The minimum atomic E-state index is -0.917. The van der Waals surface area contributed by atoms with Gasteiger partial charge in [0.1, 0.15) is 12.1 Å². The molecular formula is C26H44N4O5. The summed E-state index contributed by atoms with van der Waals surface area (Å²) in [6, 6.07) is -2.49. The Morgan fingerprint density at radius 3 is 2.00 bits per heavy atom. The van der Waals surface area contributed by atoms with Crippen molar-refractivity contribution in [2.24, 2.45) is 29.1 Å². The van der Waals surface area contributed by atoms with E-state index in [9.17, 15) is 24.0 Å². The van der Waals surface area contributed by atoms with Gasteiger partial charge < -0.3 is 20.9 Å². The molecule has 9 heteroatoms. The molecule has 2 rings (SSSR count). The van der Waals surface area contributed by atoms with Crippen LogP contribution in [0.5, 0.6) is 0 Å². The Morgan fingerprint density at radius 1 is 0.943 bits per heavy atom. The smallest absolute Gasteiger partial charge is 0.289 e. The number of carbonyl (C=O) groups excluding carboxylic acids is 5. The minimum Gasteiger partial charge on any atom is -0.353 e. The van der Waals surface area contributed by atoms with Crippen molar-refractivity contribution in [1.29, 1.82) is 0 Å². The van der Waals surface area contributed by atoms with E-state index in [4.69, 9.17) is 0 Å². The van der Waals surface area contributed by atoms with E-state index in [1.807, 2.05) is 34.6 Å². The quantitative estimate of drug-likeness (QED) is 0.400. The Bertz CT molecular complexity index is 828. The SMILES string of the molecule is CNC(=O)C(=O)C(CC1CC1)NC(=O)[C@@H]1C(C(C)C)CCN1C(=O)[C@@H](NC(=O)C(C)C)C(C)(C)C. The van der Waals surface area contributed by atoms with Crippen molar-refractivity contribution < 1.29 is 24.0 Å². The normalized spacial score (nSPS) is 22.1. The van der Waals surface area contributed by atoms with Crippen LogP contribution >= 0.6 is 0 Å². The van der Waals surface area contributed by atoms with Crippen LogP contribution < -0.4 is 16.0 Å². The summed E-state index contributed by atoms with van der Waals surface area (Å²) in [6.45, 7) is 13.6. The largest absolute Gasteiger partial charge is 0.353 e. The third kappa shape index (κ3) is 7.27. The molecule has 4 amide bonds. The average molecular weight is 493 g/mol. The maximum Gasteiger partial charge on any atom is 0.289 e. The van der Waals surface area contributed by atoms with Crippen molar-refractivity contribution in [3.63, 3.8) is 0 Å². The van der Waals surface area contributed by atoms with Crippen LogP contribution in [0.4, 0.5) is 0 Å². The molecule has 0 aromatic heterocycles. The summed E-state index contributed by atoms with van der Waals surface area (Å²) in [5, 5.41) is 8.05. The van der Waals surface area contributed by atoms with Crippen molar-refractivity contribution in [3.8, 4) is 0 Å². The highest BCUT2D eigenvalue weighted by molar-refractivity contribution is 6.38. The van der Waals surface area contributed by atoms with Gasteiger partial charge >= 0.3 is 0 Å². The van der Waals surface area contributed by atoms with Crippen LogP contribution in [0.15, 0.2) is 0 Å². The fraction of sp³-hybridized carbons (Fsp3) is 0.808. The molecule has 4 atom stereocenters. The molecule has 1 heterocycles. The number of hydrogen-bond donors (Lipinski definition) is 3. The first-order chi connectivity index (χ1) is 16.2. The van der Waals surface area contributed by atoms with Crippen LogP contribution in [0, 0.1) is 29.1 Å². The van der Waals surface area contributed by atoms with Crippen LogP contribution in [-0.2, 0) is 24.0 Å². The first-order valence-corrected chi connectivity index (χ1v) is 12.9. The van der Waals surface area contributed by atoms with Crippen LogP contribution in [0.3, 0.4) is 0 Å². The molecule has 3 N–H and O–H groups in total. The van der Waals surface area contributed by atoms with Gasteiger partial charge in [-0.3, -0.25) is 24.0 Å². The second-order valence-corrected chi connectivity index (χ2v) is 11.8. The topological polar surface area (TPSA) is 125 Å². The van der Waals surface area contributed by atoms with Crippen LogP contribution in [0.2, 0.25) is 0 Å². The maximum absolute atomic E-state index is 13.8. The number of carbonyl (C=O) groups is 5. The second-order valence-electron chi connectivity index (χ2n) is 11.8. The minimum absolute atomic E-state index is 0.1000. The molecule has 0 radical (unpaired) electrons. The lowest BCUT2D eigenvalue weighted by molar-refractivity contribution is -0.146. The van der Waals surface area contributed by atoms with Crippen LogP contribution in [0.1, 0.15) is 74.1 Å². The molecule has 1 saturated heterocycles. The maximum atomic E-state index is 13.8. The molecule has 1 saturated carbocycles. The van der Waals surface area contributed by atoms with E-state index < -0.39 is 41.1 Å². The fourth-order valence-corrected chi connectivity index (χ4v) is 4.68. The Kier molecular flexibility index (Phi) is 9.48. The summed E-state index contributed by atoms with van der Waals surface area (Å²) >= 11 is 0. The number of likely N-dealkylation sites (N-methyl/N-ethyl adjacent to an activating group) is 1. The Balaban J connectivity index is 2.33. The summed E-state index contributed by atoms with van der Waals surface area (Å²) in [7, 11) is 1.39. The zero-order valence-electron chi connectivity index (χ0n) is 22.6. The summed E-state index contributed by atoms with van der Waals surface area (Å²) in [4.78, 5) is 66.2. The highest BCUT2D eigenvalue weighted by atomic mass is 16.2. The van der Waals surface area contributed by atoms with Crippen molar-refractivity contribution in [3.05, 3.63) is 0 Å². The molecule has 2 unspecified atom stereocenters. The zero-order chi connectivity index (χ0) is 26.7. The van der Waals surface area contributed by atoms with E-state index in [2.05, 4.69) is 16.0 Å². The van der Waals surface area contributed by atoms with Gasteiger partial charge in [0, 0.05) is 19.5 Å². The van der Waals surface area contributed by atoms with Crippen LogP contribution in [0.25, 0.3) is 0 Å². The molecule has 0 spiro atoms. The van der Waals surface area contributed by atoms with Gasteiger partial charge in [-0.25, -0.2) is 0 Å². The molecule has 198 valence electrons. The van der Waals surface area contributed by atoms with Gasteiger partial charge in [0.15, 0.2) is 0 Å². The van der Waals surface area contributed by atoms with Gasteiger partial charge in [0.25, 0.3) is 5.91 Å². The van der Waals surface area contributed by atoms with E-state index >= 15 is 0 Å². The van der Waals surface area contributed by atoms with Gasteiger partial charge in [-0.05, 0) is 36.0 Å².